The quantitative estimate of drug-likeness (QED) is 0.635. The Kier molecular flexibility index (Phi) is 5.74. The minimum absolute atomic E-state index is 0.465. The van der Waals surface area contributed by atoms with Crippen LogP contribution >= 0.6 is 11.3 Å². The summed E-state index contributed by atoms with van der Waals surface area (Å²) >= 11 is 1.60. The smallest absolute Gasteiger partial charge is 0.180 e. The third-order valence-electron chi connectivity index (χ3n) is 5.16. The van der Waals surface area contributed by atoms with Crippen LogP contribution in [0.25, 0.3) is 16.8 Å². The maximum Gasteiger partial charge on any atom is 0.180 e. The van der Waals surface area contributed by atoms with E-state index in [2.05, 4.69) is 46.7 Å². The number of hydrogen-bond acceptors (Lipinski definition) is 5. The number of nitrogens with two attached hydrogens (primary N) is 1. The highest BCUT2D eigenvalue weighted by Gasteiger charge is 2.18. The van der Waals surface area contributed by atoms with E-state index in [1.807, 2.05) is 24.3 Å². The van der Waals surface area contributed by atoms with Gasteiger partial charge in [0.1, 0.15) is 5.75 Å². The summed E-state index contributed by atoms with van der Waals surface area (Å²) in [6.07, 6.45) is 5.39. The van der Waals surface area contributed by atoms with E-state index in [9.17, 15) is 0 Å². The first-order valence-corrected chi connectivity index (χ1v) is 10.4. The highest BCUT2D eigenvalue weighted by Crippen LogP contribution is 2.33. The predicted molar refractivity (Wildman–Crippen MR) is 118 cm³/mol. The first-order chi connectivity index (χ1) is 13.7. The van der Waals surface area contributed by atoms with Crippen LogP contribution in [0.3, 0.4) is 0 Å². The molecule has 0 aliphatic carbocycles. The minimum atomic E-state index is 0.465. The van der Waals surface area contributed by atoms with Gasteiger partial charge >= 0.3 is 0 Å². The van der Waals surface area contributed by atoms with Gasteiger partial charge in [-0.1, -0.05) is 36.4 Å². The molecule has 28 heavy (non-hydrogen) atoms. The molecule has 0 radical (unpaired) electrons. The van der Waals surface area contributed by atoms with E-state index in [-0.39, 0.29) is 0 Å². The maximum atomic E-state index is 6.04. The van der Waals surface area contributed by atoms with Gasteiger partial charge in [0, 0.05) is 23.0 Å². The average molecular weight is 392 g/mol. The Morgan fingerprint density at radius 3 is 2.64 bits per heavy atom. The van der Waals surface area contributed by atoms with E-state index in [0.29, 0.717) is 11.2 Å². The van der Waals surface area contributed by atoms with Gasteiger partial charge in [0.05, 0.1) is 12.8 Å². The summed E-state index contributed by atoms with van der Waals surface area (Å²) in [5, 5.41) is 4.26. The number of aryl methyl sites for hydroxylation is 1. The lowest BCUT2D eigenvalue weighted by Gasteiger charge is -2.24. The van der Waals surface area contributed by atoms with E-state index in [1.165, 1.54) is 16.0 Å². The molecule has 0 saturated heterocycles. The van der Waals surface area contributed by atoms with Crippen molar-refractivity contribution in [3.05, 3.63) is 71.1 Å². The second-order valence-electron chi connectivity index (χ2n) is 7.00. The number of methoxy groups -OCH3 is 1. The van der Waals surface area contributed by atoms with Crippen LogP contribution in [0, 0.1) is 0 Å². The molecule has 2 heterocycles. The van der Waals surface area contributed by atoms with Crippen LogP contribution in [0.4, 0.5) is 5.13 Å². The van der Waals surface area contributed by atoms with Crippen molar-refractivity contribution < 1.29 is 4.74 Å². The second kappa shape index (κ2) is 8.59. The number of rotatable bonds is 6. The van der Waals surface area contributed by atoms with E-state index >= 15 is 0 Å². The molecule has 3 aromatic rings. The highest BCUT2D eigenvalue weighted by molar-refractivity contribution is 7.15. The number of nitrogen functional groups attached to an aromatic ring is 1. The number of nitrogens with one attached hydrogen (secondary N) is 1. The molecule has 0 spiro atoms. The largest absolute Gasteiger partial charge is 0.497 e. The Morgan fingerprint density at radius 2 is 1.89 bits per heavy atom. The summed E-state index contributed by atoms with van der Waals surface area (Å²) in [6.45, 7) is 0.922. The van der Waals surface area contributed by atoms with Crippen LogP contribution in [0.1, 0.15) is 23.3 Å². The lowest BCUT2D eigenvalue weighted by molar-refractivity contribution is 0.415. The average Bonchev–Trinajstić information content (AvgIpc) is 3.13. The molecule has 0 bridgehead atoms. The molecule has 1 unspecified atom stereocenters. The molecular weight excluding hydrogens is 366 g/mol. The van der Waals surface area contributed by atoms with Gasteiger partial charge < -0.3 is 15.8 Å². The standard InChI is InChI=1S/C23H25N3OS/c1-27-20-10-7-17(8-11-20)22-21(28-23(24)26-22)12-9-19-15-18(13-14-25-19)16-5-3-2-4-6-16/h2-8,10-11,13,19,25H,9,12,14-15H2,1H3,(H2,24,26). The molecule has 3 N–H and O–H groups in total. The number of ether oxygens (including phenoxy) is 1. The van der Waals surface area contributed by atoms with Crippen molar-refractivity contribution in [2.75, 3.05) is 19.4 Å². The maximum absolute atomic E-state index is 6.04. The second-order valence-corrected chi connectivity index (χ2v) is 8.11. The fourth-order valence-corrected chi connectivity index (χ4v) is 4.55. The minimum Gasteiger partial charge on any atom is -0.497 e. The molecule has 1 aliphatic rings. The van der Waals surface area contributed by atoms with Crippen LogP contribution in [0.5, 0.6) is 5.75 Å². The molecule has 1 atom stereocenters. The Balaban J connectivity index is 1.45. The summed E-state index contributed by atoms with van der Waals surface area (Å²) < 4.78 is 5.26. The number of aromatic nitrogens is 1. The van der Waals surface area contributed by atoms with Crippen LogP contribution in [0.15, 0.2) is 60.7 Å². The van der Waals surface area contributed by atoms with Crippen LogP contribution < -0.4 is 15.8 Å². The fraction of sp³-hybridized carbons (Fsp3) is 0.261. The zero-order chi connectivity index (χ0) is 19.3. The molecule has 4 rings (SSSR count). The van der Waals surface area contributed by atoms with Gasteiger partial charge in [-0.25, -0.2) is 4.98 Å². The molecule has 0 amide bonds. The highest BCUT2D eigenvalue weighted by atomic mass is 32.1. The molecule has 0 saturated carbocycles. The lowest BCUT2D eigenvalue weighted by Crippen LogP contribution is -2.33. The van der Waals surface area contributed by atoms with Gasteiger partial charge in [0.15, 0.2) is 5.13 Å². The SMILES string of the molecule is COc1ccc(-c2nc(N)sc2CCC2CC(c3ccccc3)=CCN2)cc1. The van der Waals surface area contributed by atoms with Gasteiger partial charge in [-0.3, -0.25) is 0 Å². The van der Waals surface area contributed by atoms with Gasteiger partial charge in [0.25, 0.3) is 0 Å². The molecule has 0 fully saturated rings. The van der Waals surface area contributed by atoms with Crippen LogP contribution in [0.2, 0.25) is 0 Å². The van der Waals surface area contributed by atoms with Crippen molar-refractivity contribution in [2.24, 2.45) is 0 Å². The van der Waals surface area contributed by atoms with Gasteiger partial charge in [-0.15, -0.1) is 11.3 Å². The molecule has 2 aromatic carbocycles. The monoisotopic (exact) mass is 391 g/mol. The van der Waals surface area contributed by atoms with E-state index < -0.39 is 0 Å². The van der Waals surface area contributed by atoms with E-state index in [0.717, 1.165) is 42.8 Å². The number of benzene rings is 2. The van der Waals surface area contributed by atoms with Crippen LogP contribution in [-0.4, -0.2) is 24.7 Å². The van der Waals surface area contributed by atoms with Crippen molar-refractivity contribution in [2.45, 2.75) is 25.3 Å². The van der Waals surface area contributed by atoms with Crippen LogP contribution in [-0.2, 0) is 6.42 Å². The summed E-state index contributed by atoms with van der Waals surface area (Å²) in [7, 11) is 1.68. The van der Waals surface area contributed by atoms with Gasteiger partial charge in [-0.2, -0.15) is 0 Å². The van der Waals surface area contributed by atoms with E-state index in [4.69, 9.17) is 10.5 Å². The molecule has 1 aliphatic heterocycles. The van der Waals surface area contributed by atoms with Crippen molar-refractivity contribution in [3.63, 3.8) is 0 Å². The van der Waals surface area contributed by atoms with E-state index in [1.54, 1.807) is 18.4 Å². The molecule has 5 heteroatoms. The summed E-state index contributed by atoms with van der Waals surface area (Å²) in [6, 6.07) is 19.2. The lowest BCUT2D eigenvalue weighted by atomic mass is 9.93. The zero-order valence-corrected chi connectivity index (χ0v) is 16.8. The Morgan fingerprint density at radius 1 is 1.11 bits per heavy atom. The van der Waals surface area contributed by atoms with Gasteiger partial charge in [0.2, 0.25) is 0 Å². The Labute approximate surface area is 170 Å². The van der Waals surface area contributed by atoms with Gasteiger partial charge in [-0.05, 0) is 54.7 Å². The summed E-state index contributed by atoms with van der Waals surface area (Å²) in [5.41, 5.74) is 10.9. The summed E-state index contributed by atoms with van der Waals surface area (Å²) in [5.74, 6) is 0.847. The number of nitrogens with zero attached hydrogens (tertiary/aromatic N) is 1. The zero-order valence-electron chi connectivity index (χ0n) is 16.0. The predicted octanol–water partition coefficient (Wildman–Crippen LogP) is 4.78. The fourth-order valence-electron chi connectivity index (χ4n) is 3.68. The number of anilines is 1. The van der Waals surface area contributed by atoms with Crippen molar-refractivity contribution in [1.82, 2.24) is 10.3 Å². The third kappa shape index (κ3) is 4.26. The number of hydrogen-bond donors (Lipinski definition) is 2. The topological polar surface area (TPSA) is 60.2 Å². The Hall–Kier alpha value is -2.63. The molecular formula is C23H25N3OS. The Bertz CT molecular complexity index is 948. The molecule has 4 nitrogen and oxygen atoms in total. The first-order valence-electron chi connectivity index (χ1n) is 9.60. The van der Waals surface area contributed by atoms with Crippen molar-refractivity contribution in [1.29, 1.82) is 0 Å². The first kappa shape index (κ1) is 18.7. The summed E-state index contributed by atoms with van der Waals surface area (Å²) in [4.78, 5) is 5.84. The number of thiazole rings is 1. The van der Waals surface area contributed by atoms with Crippen molar-refractivity contribution in [3.8, 4) is 17.0 Å². The normalized spacial score (nSPS) is 16.6. The third-order valence-corrected chi connectivity index (χ3v) is 6.11. The molecule has 144 valence electrons. The molecule has 1 aromatic heterocycles. The van der Waals surface area contributed by atoms with Crippen molar-refractivity contribution >= 4 is 22.0 Å².